The quantitative estimate of drug-likeness (QED) is 0.814. The molecule has 1 saturated heterocycles. The third-order valence-electron chi connectivity index (χ3n) is 4.56. The number of aliphatic hydroxyl groups is 1. The van der Waals surface area contributed by atoms with Crippen LogP contribution < -0.4 is 14.8 Å². The summed E-state index contributed by atoms with van der Waals surface area (Å²) in [4.78, 5) is 13.5. The number of likely N-dealkylation sites (tertiary alicyclic amines) is 1. The molecule has 3 atom stereocenters. The third kappa shape index (κ3) is 4.39. The third-order valence-corrected chi connectivity index (χ3v) is 4.56. The number of ether oxygens (including phenoxy) is 2. The van der Waals surface area contributed by atoms with Gasteiger partial charge in [-0.05, 0) is 31.5 Å². The van der Waals surface area contributed by atoms with Gasteiger partial charge in [0.25, 0.3) is 0 Å². The second kappa shape index (κ2) is 7.71. The van der Waals surface area contributed by atoms with Gasteiger partial charge in [0.1, 0.15) is 12.7 Å². The number of nitrogens with one attached hydrogen (secondary N) is 1. The number of aliphatic hydroxyl groups excluding tert-OH is 1. The molecule has 1 amide bonds. The van der Waals surface area contributed by atoms with Crippen LogP contribution >= 0.6 is 0 Å². The highest BCUT2D eigenvalue weighted by molar-refractivity contribution is 5.78. The van der Waals surface area contributed by atoms with E-state index in [0.29, 0.717) is 24.5 Å². The lowest BCUT2D eigenvalue weighted by Gasteiger charge is -2.30. The summed E-state index contributed by atoms with van der Waals surface area (Å²) in [5.74, 6) is 0.816. The number of halogens is 3. The normalized spacial score (nSPS) is 24.3. The Labute approximate surface area is 148 Å². The number of fused-ring (bicyclic) bond motifs is 1. The SMILES string of the molecule is O=C(CN1CCC[C@@H]1[C@H](O)C(F)(F)F)NC[C@H]1COc2ccccc2O1. The first-order chi connectivity index (χ1) is 12.3. The van der Waals surface area contributed by atoms with E-state index in [9.17, 15) is 23.1 Å². The van der Waals surface area contributed by atoms with Crippen LogP contribution in [-0.4, -0.2) is 66.6 Å². The Balaban J connectivity index is 1.47. The van der Waals surface area contributed by atoms with E-state index in [2.05, 4.69) is 5.32 Å². The topological polar surface area (TPSA) is 71.0 Å². The lowest BCUT2D eigenvalue weighted by Crippen LogP contribution is -2.50. The Morgan fingerprint density at radius 1 is 1.35 bits per heavy atom. The van der Waals surface area contributed by atoms with Gasteiger partial charge in [-0.3, -0.25) is 9.69 Å². The minimum absolute atomic E-state index is 0.188. The van der Waals surface area contributed by atoms with Crippen molar-refractivity contribution in [1.29, 1.82) is 0 Å². The van der Waals surface area contributed by atoms with Gasteiger partial charge in [0, 0.05) is 6.04 Å². The molecule has 2 heterocycles. The number of nitrogens with zero attached hydrogens (tertiary/aromatic N) is 1. The summed E-state index contributed by atoms with van der Waals surface area (Å²) >= 11 is 0. The highest BCUT2D eigenvalue weighted by atomic mass is 19.4. The zero-order chi connectivity index (χ0) is 18.7. The molecule has 1 fully saturated rings. The number of carbonyl (C=O) groups excluding carboxylic acids is 1. The number of para-hydroxylation sites is 2. The van der Waals surface area contributed by atoms with Crippen molar-refractivity contribution in [2.24, 2.45) is 0 Å². The van der Waals surface area contributed by atoms with Crippen LogP contribution in [0.2, 0.25) is 0 Å². The zero-order valence-corrected chi connectivity index (χ0v) is 14.0. The van der Waals surface area contributed by atoms with Crippen LogP contribution in [0.15, 0.2) is 24.3 Å². The Morgan fingerprint density at radius 2 is 2.08 bits per heavy atom. The van der Waals surface area contributed by atoms with E-state index >= 15 is 0 Å². The van der Waals surface area contributed by atoms with Gasteiger partial charge in [0.15, 0.2) is 17.6 Å². The Morgan fingerprint density at radius 3 is 2.81 bits per heavy atom. The van der Waals surface area contributed by atoms with Crippen molar-refractivity contribution < 1.29 is 32.5 Å². The molecule has 2 aliphatic rings. The maximum atomic E-state index is 12.7. The Bertz CT molecular complexity index is 641. The smallest absolute Gasteiger partial charge is 0.415 e. The molecule has 0 bridgehead atoms. The van der Waals surface area contributed by atoms with Crippen LogP contribution in [0.25, 0.3) is 0 Å². The monoisotopic (exact) mass is 374 g/mol. The fourth-order valence-corrected chi connectivity index (χ4v) is 3.26. The van der Waals surface area contributed by atoms with E-state index in [1.165, 1.54) is 4.90 Å². The molecule has 0 unspecified atom stereocenters. The first kappa shape index (κ1) is 18.8. The lowest BCUT2D eigenvalue weighted by molar-refractivity contribution is -0.219. The molecular weight excluding hydrogens is 353 g/mol. The van der Waals surface area contributed by atoms with Crippen molar-refractivity contribution in [2.75, 3.05) is 26.2 Å². The average Bonchev–Trinajstić information content (AvgIpc) is 3.06. The van der Waals surface area contributed by atoms with E-state index in [1.807, 2.05) is 12.1 Å². The van der Waals surface area contributed by atoms with Crippen LogP contribution in [0.5, 0.6) is 11.5 Å². The maximum absolute atomic E-state index is 12.7. The summed E-state index contributed by atoms with van der Waals surface area (Å²) in [7, 11) is 0. The number of benzene rings is 1. The van der Waals surface area contributed by atoms with E-state index in [4.69, 9.17) is 9.47 Å². The van der Waals surface area contributed by atoms with Gasteiger partial charge in [0.05, 0.1) is 13.1 Å². The molecule has 144 valence electrons. The standard InChI is InChI=1S/C17H21F3N2O4/c18-17(19,20)16(24)12-4-3-7-22(12)9-15(23)21-8-11-10-25-13-5-1-2-6-14(13)26-11/h1-2,5-6,11-12,16,24H,3-4,7-10H2,(H,21,23)/t11-,12+,16-/m0/s1. The molecule has 3 rings (SSSR count). The second-order valence-electron chi connectivity index (χ2n) is 6.47. The van der Waals surface area contributed by atoms with Gasteiger partial charge in [-0.25, -0.2) is 0 Å². The van der Waals surface area contributed by atoms with Crippen molar-refractivity contribution in [3.05, 3.63) is 24.3 Å². The van der Waals surface area contributed by atoms with Gasteiger partial charge in [-0.1, -0.05) is 12.1 Å². The van der Waals surface area contributed by atoms with Crippen molar-refractivity contribution >= 4 is 5.91 Å². The molecule has 1 aromatic rings. The second-order valence-corrected chi connectivity index (χ2v) is 6.47. The summed E-state index contributed by atoms with van der Waals surface area (Å²) in [6.07, 6.45) is -6.77. The summed E-state index contributed by atoms with van der Waals surface area (Å²) in [5, 5.41) is 12.1. The van der Waals surface area contributed by atoms with Crippen molar-refractivity contribution in [3.63, 3.8) is 0 Å². The number of alkyl halides is 3. The summed E-state index contributed by atoms with van der Waals surface area (Å²) in [5.41, 5.74) is 0. The molecule has 9 heteroatoms. The van der Waals surface area contributed by atoms with Crippen LogP contribution in [0.3, 0.4) is 0 Å². The maximum Gasteiger partial charge on any atom is 0.415 e. The van der Waals surface area contributed by atoms with Gasteiger partial charge in [-0.2, -0.15) is 13.2 Å². The number of hydrogen-bond donors (Lipinski definition) is 2. The summed E-state index contributed by atoms with van der Waals surface area (Å²) in [6, 6.07) is 6.09. The van der Waals surface area contributed by atoms with Gasteiger partial charge >= 0.3 is 6.18 Å². The van der Waals surface area contributed by atoms with Crippen LogP contribution in [0.4, 0.5) is 13.2 Å². The van der Waals surface area contributed by atoms with Gasteiger partial charge in [0.2, 0.25) is 5.91 Å². The molecule has 6 nitrogen and oxygen atoms in total. The molecule has 0 radical (unpaired) electrons. The van der Waals surface area contributed by atoms with Crippen molar-refractivity contribution in [3.8, 4) is 11.5 Å². The van der Waals surface area contributed by atoms with Crippen molar-refractivity contribution in [2.45, 2.75) is 37.3 Å². The Kier molecular flexibility index (Phi) is 5.57. The fourth-order valence-electron chi connectivity index (χ4n) is 3.26. The van der Waals surface area contributed by atoms with Crippen LogP contribution in [-0.2, 0) is 4.79 Å². The number of carbonyl (C=O) groups is 1. The summed E-state index contributed by atoms with van der Waals surface area (Å²) < 4.78 is 49.4. The summed E-state index contributed by atoms with van der Waals surface area (Å²) in [6.45, 7) is 0.619. The van der Waals surface area contributed by atoms with E-state index < -0.39 is 24.2 Å². The number of amides is 1. The minimum Gasteiger partial charge on any atom is -0.486 e. The minimum atomic E-state index is -4.69. The predicted molar refractivity (Wildman–Crippen MR) is 86.0 cm³/mol. The van der Waals surface area contributed by atoms with Gasteiger partial charge in [-0.15, -0.1) is 0 Å². The van der Waals surface area contributed by atoms with E-state index in [0.717, 1.165) is 0 Å². The number of hydrogen-bond acceptors (Lipinski definition) is 5. The fraction of sp³-hybridized carbons (Fsp3) is 0.588. The molecule has 26 heavy (non-hydrogen) atoms. The van der Waals surface area contributed by atoms with E-state index in [-0.39, 0.29) is 32.2 Å². The van der Waals surface area contributed by atoms with E-state index in [1.54, 1.807) is 12.1 Å². The first-order valence-corrected chi connectivity index (χ1v) is 8.48. The molecule has 2 aliphatic heterocycles. The Hall–Kier alpha value is -2.00. The van der Waals surface area contributed by atoms with Crippen LogP contribution in [0.1, 0.15) is 12.8 Å². The molecule has 1 aromatic carbocycles. The van der Waals surface area contributed by atoms with Gasteiger partial charge < -0.3 is 19.9 Å². The lowest BCUT2D eigenvalue weighted by atomic mass is 10.1. The first-order valence-electron chi connectivity index (χ1n) is 8.48. The molecule has 0 aliphatic carbocycles. The molecule has 0 spiro atoms. The highest BCUT2D eigenvalue weighted by Crippen LogP contribution is 2.31. The molecule has 0 saturated carbocycles. The average molecular weight is 374 g/mol. The largest absolute Gasteiger partial charge is 0.486 e. The zero-order valence-electron chi connectivity index (χ0n) is 14.0. The number of rotatable bonds is 5. The highest BCUT2D eigenvalue weighted by Gasteiger charge is 2.47. The molecular formula is C17H21F3N2O4. The van der Waals surface area contributed by atoms with Crippen LogP contribution in [0, 0.1) is 0 Å². The molecule has 2 N–H and O–H groups in total. The van der Waals surface area contributed by atoms with Crippen molar-refractivity contribution in [1.82, 2.24) is 10.2 Å². The molecule has 0 aromatic heterocycles. The predicted octanol–water partition coefficient (Wildman–Crippen LogP) is 1.33.